The molecule has 0 bridgehead atoms. The number of rotatable bonds is 5. The fourth-order valence-corrected chi connectivity index (χ4v) is 3.69. The molecule has 1 heterocycles. The summed E-state index contributed by atoms with van der Waals surface area (Å²) >= 11 is 6.18. The molecule has 8 heteroatoms. The lowest BCUT2D eigenvalue weighted by Gasteiger charge is -2.22. The summed E-state index contributed by atoms with van der Waals surface area (Å²) in [6.45, 7) is 2.67. The molecular weight excluding hydrogens is 377 g/mol. The van der Waals surface area contributed by atoms with E-state index >= 15 is 0 Å². The van der Waals surface area contributed by atoms with E-state index in [-0.39, 0.29) is 6.10 Å². The molecule has 0 aliphatic carbocycles. The third kappa shape index (κ3) is 4.71. The van der Waals surface area contributed by atoms with E-state index in [0.717, 1.165) is 10.8 Å². The molecule has 1 saturated heterocycles. The number of esters is 1. The van der Waals surface area contributed by atoms with Crippen LogP contribution in [0.3, 0.4) is 0 Å². The molecule has 1 aliphatic rings. The van der Waals surface area contributed by atoms with Gasteiger partial charge < -0.3 is 14.4 Å². The van der Waals surface area contributed by atoms with Crippen LogP contribution in [0.15, 0.2) is 41.1 Å². The summed E-state index contributed by atoms with van der Waals surface area (Å²) in [5, 5.41) is 1.97. The predicted molar refractivity (Wildman–Crippen MR) is 98.3 cm³/mol. The van der Waals surface area contributed by atoms with Crippen molar-refractivity contribution in [2.24, 2.45) is 4.74 Å². The molecule has 0 spiro atoms. The number of fused-ring (bicyclic) bond motifs is 1. The second kappa shape index (κ2) is 8.78. The van der Waals surface area contributed by atoms with Crippen LogP contribution < -0.4 is 9.42 Å². The van der Waals surface area contributed by atoms with Gasteiger partial charge in [-0.25, -0.2) is 4.79 Å². The van der Waals surface area contributed by atoms with Crippen LogP contribution in [0, 0.1) is 0 Å². The quantitative estimate of drug-likeness (QED) is 0.567. The molecule has 3 rings (SSSR count). The number of hydrogen-bond acceptors (Lipinski definition) is 6. The standard InChI is InChI=1S/C18H19ClNO5P/c1-12(18(21)24-14-8-10-23-11-9-14)20-26(22)25-17-15-5-3-2-4-13(15)6-7-16(17)19/h2-7,12,14H,8-11H2,1H3/t12-/m0/s1. The van der Waals surface area contributed by atoms with Crippen LogP contribution in [-0.4, -0.2) is 31.3 Å². The monoisotopic (exact) mass is 395 g/mol. The molecule has 2 atom stereocenters. The molecule has 6 nitrogen and oxygen atoms in total. The van der Waals surface area contributed by atoms with Crippen LogP contribution in [0.1, 0.15) is 19.8 Å². The highest BCUT2D eigenvalue weighted by molar-refractivity contribution is 7.34. The van der Waals surface area contributed by atoms with Gasteiger partial charge in [0.25, 0.3) is 0 Å². The fraction of sp³-hybridized carbons (Fsp3) is 0.389. The number of carbonyl (C=O) groups is 1. The molecule has 0 aromatic heterocycles. The van der Waals surface area contributed by atoms with Crippen molar-refractivity contribution in [1.29, 1.82) is 0 Å². The zero-order valence-corrected chi connectivity index (χ0v) is 15.9. The average Bonchev–Trinajstić information content (AvgIpc) is 2.65. The van der Waals surface area contributed by atoms with Gasteiger partial charge in [-0.3, -0.25) is 4.52 Å². The Morgan fingerprint density at radius 2 is 2.04 bits per heavy atom. The lowest BCUT2D eigenvalue weighted by atomic mass is 10.1. The Morgan fingerprint density at radius 1 is 1.31 bits per heavy atom. The summed E-state index contributed by atoms with van der Waals surface area (Å²) < 4.78 is 20.0. The van der Waals surface area contributed by atoms with Crippen molar-refractivity contribution >= 4 is 36.5 Å². The number of nitrogens with zero attached hydrogens (tertiary/aromatic N) is 1. The van der Waals surface area contributed by atoms with Crippen molar-refractivity contribution in [3.05, 3.63) is 41.4 Å². The van der Waals surface area contributed by atoms with Gasteiger partial charge in [-0.2, -0.15) is 0 Å². The molecule has 1 fully saturated rings. The smallest absolute Gasteiger partial charge is 0.395 e. The van der Waals surface area contributed by atoms with Gasteiger partial charge in [-0.1, -0.05) is 46.7 Å². The third-order valence-electron chi connectivity index (χ3n) is 4.06. The molecule has 1 unspecified atom stereocenters. The fourth-order valence-electron chi connectivity index (χ4n) is 2.66. The Hall–Kier alpha value is -1.72. The van der Waals surface area contributed by atoms with Crippen molar-refractivity contribution in [3.8, 4) is 5.75 Å². The summed E-state index contributed by atoms with van der Waals surface area (Å²) in [5.74, 6) is -0.229. The van der Waals surface area contributed by atoms with Crippen molar-refractivity contribution < 1.29 is 23.7 Å². The first-order valence-electron chi connectivity index (χ1n) is 8.36. The van der Waals surface area contributed by atoms with Gasteiger partial charge in [0.2, 0.25) is 5.75 Å². The normalized spacial score (nSPS) is 17.1. The Kier molecular flexibility index (Phi) is 6.43. The first-order chi connectivity index (χ1) is 12.5. The van der Waals surface area contributed by atoms with Gasteiger partial charge in [-0.05, 0) is 18.4 Å². The summed E-state index contributed by atoms with van der Waals surface area (Å²) in [6.07, 6.45) is 1.14. The van der Waals surface area contributed by atoms with E-state index in [1.54, 1.807) is 6.07 Å². The second-order valence-corrected chi connectivity index (χ2v) is 7.26. The summed E-state index contributed by atoms with van der Waals surface area (Å²) in [4.78, 5) is 24.4. The zero-order valence-electron chi connectivity index (χ0n) is 14.3. The van der Waals surface area contributed by atoms with Crippen LogP contribution in [0.4, 0.5) is 0 Å². The van der Waals surface area contributed by atoms with E-state index in [1.807, 2.05) is 30.3 Å². The Labute approximate surface area is 157 Å². The molecule has 138 valence electrons. The maximum absolute atomic E-state index is 12.3. The number of hydrogen-bond donors (Lipinski definition) is 0. The van der Waals surface area contributed by atoms with Crippen LogP contribution in [0.2, 0.25) is 5.02 Å². The minimum absolute atomic E-state index is 0.180. The minimum Gasteiger partial charge on any atom is -0.575 e. The van der Waals surface area contributed by atoms with Gasteiger partial charge in [0.1, 0.15) is 6.10 Å². The Balaban J connectivity index is 1.70. The number of carbonyl (C=O) groups excluding carboxylic acids is 1. The largest absolute Gasteiger partial charge is 0.575 e. The SMILES string of the molecule is C[C@H](N=[P+]([O-])Oc1c(Cl)ccc2ccccc12)C(=O)OC1CCOCC1. The van der Waals surface area contributed by atoms with Crippen molar-refractivity contribution in [3.63, 3.8) is 0 Å². The molecule has 0 N–H and O–H groups in total. The molecule has 0 saturated carbocycles. The summed E-state index contributed by atoms with van der Waals surface area (Å²) in [7, 11) is -2.48. The van der Waals surface area contributed by atoms with Crippen LogP contribution in [0.25, 0.3) is 10.8 Å². The highest BCUT2D eigenvalue weighted by Crippen LogP contribution is 2.37. The van der Waals surface area contributed by atoms with E-state index in [4.69, 9.17) is 25.6 Å². The predicted octanol–water partition coefficient (Wildman–Crippen LogP) is 3.84. The molecule has 0 amide bonds. The van der Waals surface area contributed by atoms with Crippen molar-refractivity contribution in [1.82, 2.24) is 0 Å². The van der Waals surface area contributed by atoms with Gasteiger partial charge in [-0.15, -0.1) is 0 Å². The maximum Gasteiger partial charge on any atom is 0.395 e. The van der Waals surface area contributed by atoms with E-state index < -0.39 is 20.2 Å². The number of benzene rings is 2. The van der Waals surface area contributed by atoms with Crippen LogP contribution >= 0.6 is 19.8 Å². The van der Waals surface area contributed by atoms with E-state index in [9.17, 15) is 9.69 Å². The van der Waals surface area contributed by atoms with Crippen LogP contribution in [-0.2, 0) is 14.3 Å². The zero-order chi connectivity index (χ0) is 18.5. The third-order valence-corrected chi connectivity index (χ3v) is 5.23. The van der Waals surface area contributed by atoms with Gasteiger partial charge >= 0.3 is 14.1 Å². The molecular formula is C18H19ClNO5P. The molecule has 2 aromatic rings. The lowest BCUT2D eigenvalue weighted by molar-refractivity contribution is -0.170. The average molecular weight is 396 g/mol. The van der Waals surface area contributed by atoms with Crippen molar-refractivity contribution in [2.75, 3.05) is 13.2 Å². The highest BCUT2D eigenvalue weighted by atomic mass is 35.5. The number of ether oxygens (including phenoxy) is 2. The molecule has 2 aromatic carbocycles. The van der Waals surface area contributed by atoms with Gasteiger partial charge in [0, 0.05) is 18.2 Å². The topological polar surface area (TPSA) is 80.2 Å². The highest BCUT2D eigenvalue weighted by Gasteiger charge is 2.24. The molecule has 26 heavy (non-hydrogen) atoms. The number of halogens is 1. The van der Waals surface area contributed by atoms with Gasteiger partial charge in [0.15, 0.2) is 6.04 Å². The van der Waals surface area contributed by atoms with E-state index in [2.05, 4.69) is 4.74 Å². The molecule has 0 radical (unpaired) electrons. The second-order valence-electron chi connectivity index (χ2n) is 5.97. The minimum atomic E-state index is -2.48. The Bertz CT molecular complexity index is 822. The first kappa shape index (κ1) is 19.1. The Morgan fingerprint density at radius 3 is 2.81 bits per heavy atom. The summed E-state index contributed by atoms with van der Waals surface area (Å²) in [5.41, 5.74) is 0. The van der Waals surface area contributed by atoms with E-state index in [0.29, 0.717) is 36.8 Å². The molecule has 1 aliphatic heterocycles. The summed E-state index contributed by atoms with van der Waals surface area (Å²) in [6, 6.07) is 10.1. The lowest BCUT2D eigenvalue weighted by Crippen LogP contribution is -2.29. The first-order valence-corrected chi connectivity index (χ1v) is 9.87. The maximum atomic E-state index is 12.3. The van der Waals surface area contributed by atoms with Gasteiger partial charge in [0.05, 0.1) is 18.2 Å². The van der Waals surface area contributed by atoms with Crippen molar-refractivity contribution in [2.45, 2.75) is 31.9 Å². The van der Waals surface area contributed by atoms with E-state index in [1.165, 1.54) is 6.92 Å². The van der Waals surface area contributed by atoms with Crippen LogP contribution in [0.5, 0.6) is 5.75 Å².